The van der Waals surface area contributed by atoms with Gasteiger partial charge in [-0.1, -0.05) is 17.7 Å². The summed E-state index contributed by atoms with van der Waals surface area (Å²) in [5.74, 6) is -1.56. The molecule has 102 valence electrons. The molecular weight excluding hydrogens is 270 g/mol. The summed E-state index contributed by atoms with van der Waals surface area (Å²) in [4.78, 5) is 34.2. The summed E-state index contributed by atoms with van der Waals surface area (Å²) < 4.78 is 4.82. The summed E-state index contributed by atoms with van der Waals surface area (Å²) in [5, 5.41) is -0.0790. The number of ether oxygens (including phenoxy) is 1. The van der Waals surface area contributed by atoms with E-state index in [1.165, 1.54) is 19.1 Å². The lowest BCUT2D eigenvalue weighted by molar-refractivity contribution is -0.116. The SMILES string of the molecule is CCOC(=O)c1ccc(CC(C)=O)c(C(N)=O)c1Cl. The van der Waals surface area contributed by atoms with Gasteiger partial charge in [-0.15, -0.1) is 0 Å². The van der Waals surface area contributed by atoms with Gasteiger partial charge in [-0.2, -0.15) is 0 Å². The number of Topliss-reactive ketones (excluding diaryl/α,β-unsaturated/α-hetero) is 1. The fraction of sp³-hybridized carbons (Fsp3) is 0.308. The fourth-order valence-electron chi connectivity index (χ4n) is 1.66. The zero-order chi connectivity index (χ0) is 14.6. The first-order valence-electron chi connectivity index (χ1n) is 5.66. The van der Waals surface area contributed by atoms with Crippen molar-refractivity contribution in [3.63, 3.8) is 0 Å². The molecule has 0 aliphatic heterocycles. The summed E-state index contributed by atoms with van der Waals surface area (Å²) in [6.07, 6.45) is 0.0289. The van der Waals surface area contributed by atoms with Gasteiger partial charge in [0.05, 0.1) is 22.8 Å². The molecule has 1 aromatic carbocycles. The van der Waals surface area contributed by atoms with Gasteiger partial charge in [0.2, 0.25) is 0 Å². The number of benzene rings is 1. The van der Waals surface area contributed by atoms with Crippen molar-refractivity contribution in [1.82, 2.24) is 0 Å². The van der Waals surface area contributed by atoms with E-state index in [4.69, 9.17) is 22.1 Å². The van der Waals surface area contributed by atoms with Crippen LogP contribution in [0.1, 0.15) is 40.1 Å². The minimum atomic E-state index is -0.785. The highest BCUT2D eigenvalue weighted by atomic mass is 35.5. The molecule has 0 radical (unpaired) electrons. The molecule has 1 rings (SSSR count). The molecule has 0 atom stereocenters. The van der Waals surface area contributed by atoms with Crippen molar-refractivity contribution in [2.75, 3.05) is 6.61 Å². The van der Waals surface area contributed by atoms with Crippen LogP contribution in [0, 0.1) is 0 Å². The van der Waals surface area contributed by atoms with Crippen LogP contribution in [0.5, 0.6) is 0 Å². The molecule has 2 N–H and O–H groups in total. The monoisotopic (exact) mass is 283 g/mol. The van der Waals surface area contributed by atoms with Crippen LogP contribution in [0.3, 0.4) is 0 Å². The molecule has 0 aliphatic carbocycles. The minimum Gasteiger partial charge on any atom is -0.462 e. The van der Waals surface area contributed by atoms with Crippen LogP contribution >= 0.6 is 11.6 Å². The van der Waals surface area contributed by atoms with Gasteiger partial charge in [0.1, 0.15) is 5.78 Å². The Bertz CT molecular complexity index is 540. The summed E-state index contributed by atoms with van der Waals surface area (Å²) in [7, 11) is 0. The molecule has 19 heavy (non-hydrogen) atoms. The Kier molecular flexibility index (Phi) is 5.06. The van der Waals surface area contributed by atoms with Gasteiger partial charge in [-0.3, -0.25) is 9.59 Å². The molecule has 0 spiro atoms. The lowest BCUT2D eigenvalue weighted by Gasteiger charge is -2.11. The topological polar surface area (TPSA) is 86.5 Å². The molecule has 0 heterocycles. The second kappa shape index (κ2) is 6.33. The Morgan fingerprint density at radius 3 is 2.42 bits per heavy atom. The number of hydrogen-bond donors (Lipinski definition) is 1. The minimum absolute atomic E-state index is 0.0116. The Hall–Kier alpha value is -1.88. The first-order valence-corrected chi connectivity index (χ1v) is 6.04. The third kappa shape index (κ3) is 3.54. The number of primary amides is 1. The molecule has 0 saturated carbocycles. The van der Waals surface area contributed by atoms with Gasteiger partial charge in [0.15, 0.2) is 0 Å². The van der Waals surface area contributed by atoms with Crippen LogP contribution in [-0.4, -0.2) is 24.3 Å². The number of carbonyl (C=O) groups excluding carboxylic acids is 3. The largest absolute Gasteiger partial charge is 0.462 e. The predicted octanol–water partition coefficient (Wildman–Crippen LogP) is 1.75. The number of carbonyl (C=O) groups is 3. The molecule has 0 fully saturated rings. The molecule has 0 saturated heterocycles. The first kappa shape index (κ1) is 15.2. The molecule has 0 bridgehead atoms. The lowest BCUT2D eigenvalue weighted by atomic mass is 9.99. The van der Waals surface area contributed by atoms with Crippen LogP contribution in [0.15, 0.2) is 12.1 Å². The molecule has 0 unspecified atom stereocenters. The van der Waals surface area contributed by atoms with E-state index < -0.39 is 11.9 Å². The van der Waals surface area contributed by atoms with Gasteiger partial charge < -0.3 is 10.5 Å². The van der Waals surface area contributed by atoms with E-state index >= 15 is 0 Å². The number of esters is 1. The second-order valence-corrected chi connectivity index (χ2v) is 4.30. The number of amides is 1. The van der Waals surface area contributed by atoms with Crippen LogP contribution in [0.2, 0.25) is 5.02 Å². The maximum Gasteiger partial charge on any atom is 0.339 e. The summed E-state index contributed by atoms with van der Waals surface area (Å²) in [6, 6.07) is 2.91. The number of halogens is 1. The molecule has 1 amide bonds. The van der Waals surface area contributed by atoms with Crippen molar-refractivity contribution >= 4 is 29.3 Å². The first-order chi connectivity index (χ1) is 8.88. The van der Waals surface area contributed by atoms with Crippen LogP contribution < -0.4 is 5.73 Å². The van der Waals surface area contributed by atoms with Crippen molar-refractivity contribution in [1.29, 1.82) is 0 Å². The Labute approximate surface area is 115 Å². The van der Waals surface area contributed by atoms with Gasteiger partial charge in [-0.05, 0) is 25.5 Å². The Morgan fingerprint density at radius 1 is 1.32 bits per heavy atom. The Balaban J connectivity index is 3.34. The third-order valence-corrected chi connectivity index (χ3v) is 2.80. The van der Waals surface area contributed by atoms with E-state index in [2.05, 4.69) is 0 Å². The van der Waals surface area contributed by atoms with Crippen LogP contribution in [0.4, 0.5) is 0 Å². The Morgan fingerprint density at radius 2 is 1.95 bits per heavy atom. The van der Waals surface area contributed by atoms with E-state index in [1.54, 1.807) is 6.92 Å². The average Bonchev–Trinajstić information content (AvgIpc) is 2.27. The summed E-state index contributed by atoms with van der Waals surface area (Å²) in [6.45, 7) is 3.24. The van der Waals surface area contributed by atoms with E-state index in [1.807, 2.05) is 0 Å². The van der Waals surface area contributed by atoms with Crippen molar-refractivity contribution in [2.24, 2.45) is 5.73 Å². The van der Waals surface area contributed by atoms with Gasteiger partial charge in [-0.25, -0.2) is 4.79 Å². The molecule has 1 aromatic rings. The smallest absolute Gasteiger partial charge is 0.339 e. The van der Waals surface area contributed by atoms with E-state index in [9.17, 15) is 14.4 Å². The van der Waals surface area contributed by atoms with E-state index in [0.29, 0.717) is 5.56 Å². The highest BCUT2D eigenvalue weighted by Crippen LogP contribution is 2.26. The van der Waals surface area contributed by atoms with Crippen LogP contribution in [0.25, 0.3) is 0 Å². The van der Waals surface area contributed by atoms with Crippen molar-refractivity contribution in [3.05, 3.63) is 33.8 Å². The highest BCUT2D eigenvalue weighted by molar-refractivity contribution is 6.36. The van der Waals surface area contributed by atoms with E-state index in [0.717, 1.165) is 0 Å². The zero-order valence-corrected chi connectivity index (χ0v) is 11.4. The van der Waals surface area contributed by atoms with Gasteiger partial charge in [0, 0.05) is 6.42 Å². The molecule has 0 aromatic heterocycles. The maximum absolute atomic E-state index is 11.6. The van der Waals surface area contributed by atoms with Gasteiger partial charge in [0.25, 0.3) is 5.91 Å². The molecule has 5 nitrogen and oxygen atoms in total. The number of nitrogens with two attached hydrogens (primary N) is 1. The normalized spacial score (nSPS) is 10.1. The standard InChI is InChI=1S/C13H14ClNO4/c1-3-19-13(18)9-5-4-8(6-7(2)16)10(11(9)14)12(15)17/h4-5H,3,6H2,1-2H3,(H2,15,17). The maximum atomic E-state index is 11.6. The van der Waals surface area contributed by atoms with Crippen molar-refractivity contribution in [2.45, 2.75) is 20.3 Å². The lowest BCUT2D eigenvalue weighted by Crippen LogP contribution is -2.18. The average molecular weight is 284 g/mol. The molecular formula is C13H14ClNO4. The zero-order valence-electron chi connectivity index (χ0n) is 10.7. The fourth-order valence-corrected chi connectivity index (χ4v) is 2.02. The van der Waals surface area contributed by atoms with Crippen LogP contribution in [-0.2, 0) is 16.0 Å². The third-order valence-electron chi connectivity index (χ3n) is 2.41. The second-order valence-electron chi connectivity index (χ2n) is 3.92. The van der Waals surface area contributed by atoms with Crippen molar-refractivity contribution < 1.29 is 19.1 Å². The number of ketones is 1. The molecule has 0 aliphatic rings. The highest BCUT2D eigenvalue weighted by Gasteiger charge is 2.21. The van der Waals surface area contributed by atoms with Crippen molar-refractivity contribution in [3.8, 4) is 0 Å². The molecule has 6 heteroatoms. The number of hydrogen-bond acceptors (Lipinski definition) is 4. The predicted molar refractivity (Wildman–Crippen MR) is 70.3 cm³/mol. The number of rotatable bonds is 5. The summed E-state index contributed by atoms with van der Waals surface area (Å²) >= 11 is 6.01. The quantitative estimate of drug-likeness (QED) is 0.834. The van der Waals surface area contributed by atoms with E-state index in [-0.39, 0.29) is 35.0 Å². The summed E-state index contributed by atoms with van der Waals surface area (Å²) in [5.41, 5.74) is 5.70. The van der Waals surface area contributed by atoms with Gasteiger partial charge >= 0.3 is 5.97 Å².